The smallest absolute Gasteiger partial charge is 0.275 e. The van der Waals surface area contributed by atoms with Gasteiger partial charge in [0.1, 0.15) is 5.01 Å². The molecule has 0 saturated carbocycles. The first-order valence-electron chi connectivity index (χ1n) is 8.81. The topological polar surface area (TPSA) is 76.4 Å². The van der Waals surface area contributed by atoms with E-state index in [0.717, 1.165) is 21.7 Å². The van der Waals surface area contributed by atoms with Crippen molar-refractivity contribution in [2.24, 2.45) is 0 Å². The average molecular weight is 390 g/mol. The number of nitrogens with one attached hydrogen (secondary N) is 1. The van der Waals surface area contributed by atoms with Gasteiger partial charge in [-0.05, 0) is 32.0 Å². The van der Waals surface area contributed by atoms with E-state index in [-0.39, 0.29) is 18.0 Å². The zero-order valence-corrected chi connectivity index (χ0v) is 16.3. The third-order valence-electron chi connectivity index (χ3n) is 4.27. The summed E-state index contributed by atoms with van der Waals surface area (Å²) in [6, 6.07) is 16.7. The molecular formula is C21H18N4O2S. The molecule has 0 aliphatic heterocycles. The minimum atomic E-state index is -0.264. The van der Waals surface area contributed by atoms with Crippen LogP contribution >= 0.6 is 11.3 Å². The number of hydrogen-bond acceptors (Lipinski definition) is 5. The van der Waals surface area contributed by atoms with Crippen LogP contribution in [-0.4, -0.2) is 20.5 Å². The Kier molecular flexibility index (Phi) is 4.75. The number of nitrogens with zero attached hydrogens (tertiary/aromatic N) is 3. The Balaban J connectivity index is 1.59. The van der Waals surface area contributed by atoms with Crippen LogP contribution in [0.4, 0.5) is 0 Å². The lowest BCUT2D eigenvalue weighted by Gasteiger charge is -2.05. The van der Waals surface area contributed by atoms with E-state index in [1.165, 1.54) is 21.9 Å². The number of aromatic nitrogens is 3. The SMILES string of the molecule is Cc1cccc(C(=O)NCc2cc(=O)n3nc(-c4cccc(C)c4)sc3n2)c1. The molecule has 2 aromatic heterocycles. The number of carbonyl (C=O) groups excluding carboxylic acids is 1. The summed E-state index contributed by atoms with van der Waals surface area (Å²) in [6.45, 7) is 4.12. The van der Waals surface area contributed by atoms with Crippen molar-refractivity contribution in [3.63, 3.8) is 0 Å². The minimum Gasteiger partial charge on any atom is -0.346 e. The Morgan fingerprint density at radius 1 is 1.07 bits per heavy atom. The summed E-state index contributed by atoms with van der Waals surface area (Å²) >= 11 is 1.35. The molecule has 0 aliphatic carbocycles. The summed E-state index contributed by atoms with van der Waals surface area (Å²) in [4.78, 5) is 29.7. The lowest BCUT2D eigenvalue weighted by atomic mass is 10.1. The van der Waals surface area contributed by atoms with Gasteiger partial charge in [0, 0.05) is 17.2 Å². The van der Waals surface area contributed by atoms with Gasteiger partial charge in [0.15, 0.2) is 0 Å². The highest BCUT2D eigenvalue weighted by molar-refractivity contribution is 7.19. The quantitative estimate of drug-likeness (QED) is 0.580. The van der Waals surface area contributed by atoms with Crippen LogP contribution < -0.4 is 10.9 Å². The second-order valence-corrected chi connectivity index (χ2v) is 7.56. The summed E-state index contributed by atoms with van der Waals surface area (Å²) in [5, 5.41) is 7.94. The first-order valence-corrected chi connectivity index (χ1v) is 9.63. The molecule has 140 valence electrons. The van der Waals surface area contributed by atoms with Gasteiger partial charge < -0.3 is 5.32 Å². The number of hydrogen-bond donors (Lipinski definition) is 1. The molecule has 28 heavy (non-hydrogen) atoms. The molecule has 0 aliphatic rings. The van der Waals surface area contributed by atoms with Gasteiger partial charge in [-0.2, -0.15) is 9.61 Å². The third kappa shape index (κ3) is 3.70. The number of fused-ring (bicyclic) bond motifs is 1. The summed E-state index contributed by atoms with van der Waals surface area (Å²) in [6.07, 6.45) is 0. The van der Waals surface area contributed by atoms with Crippen LogP contribution in [0.1, 0.15) is 27.2 Å². The van der Waals surface area contributed by atoms with E-state index in [0.29, 0.717) is 16.2 Å². The number of benzene rings is 2. The van der Waals surface area contributed by atoms with Crippen molar-refractivity contribution in [3.05, 3.63) is 87.3 Å². The van der Waals surface area contributed by atoms with Crippen molar-refractivity contribution < 1.29 is 4.79 Å². The van der Waals surface area contributed by atoms with Crippen LogP contribution in [0.15, 0.2) is 59.4 Å². The van der Waals surface area contributed by atoms with Crippen molar-refractivity contribution in [1.82, 2.24) is 19.9 Å². The van der Waals surface area contributed by atoms with Crippen LogP contribution in [0, 0.1) is 13.8 Å². The maximum Gasteiger partial charge on any atom is 0.275 e. The van der Waals surface area contributed by atoms with Gasteiger partial charge in [-0.15, -0.1) is 0 Å². The molecule has 0 saturated heterocycles. The fraction of sp³-hybridized carbons (Fsp3) is 0.143. The minimum absolute atomic E-state index is 0.177. The zero-order chi connectivity index (χ0) is 19.7. The Morgan fingerprint density at radius 2 is 1.82 bits per heavy atom. The molecule has 0 bridgehead atoms. The fourth-order valence-corrected chi connectivity index (χ4v) is 3.82. The third-order valence-corrected chi connectivity index (χ3v) is 5.23. The van der Waals surface area contributed by atoms with Crippen molar-refractivity contribution in [1.29, 1.82) is 0 Å². The average Bonchev–Trinajstić information content (AvgIpc) is 3.11. The maximum atomic E-state index is 12.4. The predicted molar refractivity (Wildman–Crippen MR) is 110 cm³/mol. The molecule has 0 unspecified atom stereocenters. The molecule has 1 N–H and O–H groups in total. The van der Waals surface area contributed by atoms with Crippen LogP contribution in [0.5, 0.6) is 0 Å². The van der Waals surface area contributed by atoms with Gasteiger partial charge in [-0.3, -0.25) is 9.59 Å². The van der Waals surface area contributed by atoms with E-state index in [1.807, 2.05) is 56.3 Å². The second kappa shape index (κ2) is 7.36. The molecule has 4 aromatic rings. The van der Waals surface area contributed by atoms with E-state index in [1.54, 1.807) is 6.07 Å². The maximum absolute atomic E-state index is 12.4. The predicted octanol–water partition coefficient (Wildman–Crippen LogP) is 3.36. The second-order valence-electron chi connectivity index (χ2n) is 6.61. The van der Waals surface area contributed by atoms with Gasteiger partial charge in [0.05, 0.1) is 12.2 Å². The highest BCUT2D eigenvalue weighted by Gasteiger charge is 2.12. The number of amides is 1. The van der Waals surface area contributed by atoms with Crippen molar-refractivity contribution in [3.8, 4) is 10.6 Å². The summed E-state index contributed by atoms with van der Waals surface area (Å²) in [5.41, 5.74) is 3.90. The van der Waals surface area contributed by atoms with E-state index in [4.69, 9.17) is 0 Å². The molecule has 0 atom stereocenters. The number of carbonyl (C=O) groups is 1. The fourth-order valence-electron chi connectivity index (χ4n) is 2.90. The van der Waals surface area contributed by atoms with Gasteiger partial charge in [0.2, 0.25) is 4.96 Å². The molecule has 4 rings (SSSR count). The Morgan fingerprint density at radius 3 is 2.57 bits per heavy atom. The van der Waals surface area contributed by atoms with Crippen molar-refractivity contribution >= 4 is 22.2 Å². The van der Waals surface area contributed by atoms with Gasteiger partial charge in [-0.25, -0.2) is 4.98 Å². The molecule has 7 heteroatoms. The van der Waals surface area contributed by atoms with Crippen LogP contribution in [0.2, 0.25) is 0 Å². The first kappa shape index (κ1) is 18.1. The molecule has 6 nitrogen and oxygen atoms in total. The van der Waals surface area contributed by atoms with E-state index < -0.39 is 0 Å². The molecule has 2 heterocycles. The largest absolute Gasteiger partial charge is 0.346 e. The van der Waals surface area contributed by atoms with Crippen LogP contribution in [0.25, 0.3) is 15.5 Å². The van der Waals surface area contributed by atoms with Crippen LogP contribution in [-0.2, 0) is 6.54 Å². The Bertz CT molecular complexity index is 1240. The molecule has 1 amide bonds. The molecule has 0 fully saturated rings. The summed E-state index contributed by atoms with van der Waals surface area (Å²) < 4.78 is 1.30. The zero-order valence-electron chi connectivity index (χ0n) is 15.5. The van der Waals surface area contributed by atoms with E-state index >= 15 is 0 Å². The van der Waals surface area contributed by atoms with Gasteiger partial charge in [-0.1, -0.05) is 52.8 Å². The lowest BCUT2D eigenvalue weighted by Crippen LogP contribution is -2.25. The monoisotopic (exact) mass is 390 g/mol. The normalized spacial score (nSPS) is 10.9. The van der Waals surface area contributed by atoms with E-state index in [2.05, 4.69) is 15.4 Å². The standard InChI is InChI=1S/C21H18N4O2S/c1-13-5-3-7-15(9-13)19(27)22-12-17-11-18(26)25-21(23-17)28-20(24-25)16-8-4-6-14(2)10-16/h3-11H,12H2,1-2H3,(H,22,27). The number of aryl methyl sites for hydroxylation is 2. The summed E-state index contributed by atoms with van der Waals surface area (Å²) in [7, 11) is 0. The molecule has 0 radical (unpaired) electrons. The Hall–Kier alpha value is -3.32. The highest BCUT2D eigenvalue weighted by Crippen LogP contribution is 2.24. The highest BCUT2D eigenvalue weighted by atomic mass is 32.1. The van der Waals surface area contributed by atoms with Gasteiger partial charge >= 0.3 is 0 Å². The Labute approximate surface area is 165 Å². The van der Waals surface area contributed by atoms with Crippen LogP contribution in [0.3, 0.4) is 0 Å². The summed E-state index contributed by atoms with van der Waals surface area (Å²) in [5.74, 6) is -0.199. The molecule has 2 aromatic carbocycles. The first-order chi connectivity index (χ1) is 13.5. The van der Waals surface area contributed by atoms with Crippen molar-refractivity contribution in [2.45, 2.75) is 20.4 Å². The van der Waals surface area contributed by atoms with E-state index in [9.17, 15) is 9.59 Å². The van der Waals surface area contributed by atoms with Gasteiger partial charge in [0.25, 0.3) is 11.5 Å². The molecule has 0 spiro atoms. The number of rotatable bonds is 4. The lowest BCUT2D eigenvalue weighted by molar-refractivity contribution is 0.0950. The molecular weight excluding hydrogens is 372 g/mol. The van der Waals surface area contributed by atoms with Crippen molar-refractivity contribution in [2.75, 3.05) is 0 Å².